The quantitative estimate of drug-likeness (QED) is 0.847. The van der Waals surface area contributed by atoms with Gasteiger partial charge in [0.25, 0.3) is 5.56 Å². The Hall–Kier alpha value is -1.20. The number of aromatic nitrogens is 2. The third kappa shape index (κ3) is 1.68. The van der Waals surface area contributed by atoms with Gasteiger partial charge in [-0.2, -0.15) is 0 Å². The molecule has 78 valence electrons. The summed E-state index contributed by atoms with van der Waals surface area (Å²) in [5, 5.41) is 8.96. The molecular weight excluding hydrogens is 260 g/mol. The van der Waals surface area contributed by atoms with Crippen LogP contribution >= 0.6 is 15.9 Å². The van der Waals surface area contributed by atoms with Crippen LogP contribution in [-0.2, 0) is 6.61 Å². The van der Waals surface area contributed by atoms with Crippen LogP contribution in [0.3, 0.4) is 0 Å². The third-order valence-electron chi connectivity index (χ3n) is 2.20. The van der Waals surface area contributed by atoms with E-state index in [1.165, 1.54) is 10.6 Å². The van der Waals surface area contributed by atoms with Gasteiger partial charge in [0.15, 0.2) is 0 Å². The molecule has 5 heteroatoms. The first-order valence-corrected chi connectivity index (χ1v) is 5.20. The fourth-order valence-corrected chi connectivity index (χ4v) is 2.02. The molecule has 0 atom stereocenters. The predicted molar refractivity (Wildman–Crippen MR) is 59.8 cm³/mol. The second-order valence-corrected chi connectivity index (χ2v) is 4.17. The Morgan fingerprint density at radius 3 is 2.93 bits per heavy atom. The maximum Gasteiger partial charge on any atom is 0.263 e. The summed E-state index contributed by atoms with van der Waals surface area (Å²) in [4.78, 5) is 15.9. The number of rotatable bonds is 1. The zero-order valence-corrected chi connectivity index (χ0v) is 9.65. The van der Waals surface area contributed by atoms with Gasteiger partial charge in [0.2, 0.25) is 0 Å². The van der Waals surface area contributed by atoms with E-state index < -0.39 is 0 Å². The Morgan fingerprint density at radius 1 is 1.53 bits per heavy atom. The van der Waals surface area contributed by atoms with Gasteiger partial charge in [-0.3, -0.25) is 9.20 Å². The number of aryl methyl sites for hydroxylation is 1. The van der Waals surface area contributed by atoms with Gasteiger partial charge in [0.1, 0.15) is 5.65 Å². The average Bonchev–Trinajstić information content (AvgIpc) is 2.17. The standard InChI is InChI=1S/C10H9BrN2O2/c1-6-2-8(11)3-9-12-4-7(5-14)10(15)13(6)9/h2-4,14H,5H2,1H3. The number of nitrogens with zero attached hydrogens (tertiary/aromatic N) is 2. The molecule has 0 unspecified atom stereocenters. The molecule has 2 aromatic rings. The number of aliphatic hydroxyl groups excluding tert-OH is 1. The first-order chi connectivity index (χ1) is 7.13. The van der Waals surface area contributed by atoms with Crippen molar-refractivity contribution in [2.45, 2.75) is 13.5 Å². The molecule has 0 spiro atoms. The monoisotopic (exact) mass is 268 g/mol. The average molecular weight is 269 g/mol. The number of aliphatic hydroxyl groups is 1. The second-order valence-electron chi connectivity index (χ2n) is 3.26. The van der Waals surface area contributed by atoms with Crippen molar-refractivity contribution in [3.63, 3.8) is 0 Å². The van der Waals surface area contributed by atoms with Crippen LogP contribution in [0.5, 0.6) is 0 Å². The Balaban J connectivity index is 2.93. The van der Waals surface area contributed by atoms with Crippen LogP contribution in [0.25, 0.3) is 5.65 Å². The summed E-state index contributed by atoms with van der Waals surface area (Å²) in [6.45, 7) is 1.53. The van der Waals surface area contributed by atoms with Crippen molar-refractivity contribution in [3.8, 4) is 0 Å². The first-order valence-electron chi connectivity index (χ1n) is 4.41. The zero-order chi connectivity index (χ0) is 11.0. The highest BCUT2D eigenvalue weighted by molar-refractivity contribution is 9.10. The Labute approximate surface area is 94.3 Å². The van der Waals surface area contributed by atoms with E-state index in [0.29, 0.717) is 11.2 Å². The van der Waals surface area contributed by atoms with Crippen molar-refractivity contribution in [1.29, 1.82) is 0 Å². The van der Waals surface area contributed by atoms with Crippen molar-refractivity contribution in [1.82, 2.24) is 9.38 Å². The first kappa shape index (κ1) is 10.3. The lowest BCUT2D eigenvalue weighted by atomic mass is 10.3. The summed E-state index contributed by atoms with van der Waals surface area (Å²) in [5.74, 6) is 0. The number of hydrogen-bond acceptors (Lipinski definition) is 3. The highest BCUT2D eigenvalue weighted by atomic mass is 79.9. The van der Waals surface area contributed by atoms with Crippen molar-refractivity contribution in [2.24, 2.45) is 0 Å². The molecule has 0 saturated carbocycles. The molecule has 4 nitrogen and oxygen atoms in total. The lowest BCUT2D eigenvalue weighted by molar-refractivity contribution is 0.279. The molecule has 1 N–H and O–H groups in total. The summed E-state index contributed by atoms with van der Waals surface area (Å²) in [6, 6.07) is 3.59. The lowest BCUT2D eigenvalue weighted by Crippen LogP contribution is -2.21. The van der Waals surface area contributed by atoms with Crippen LogP contribution in [0.15, 0.2) is 27.6 Å². The van der Waals surface area contributed by atoms with Gasteiger partial charge in [-0.1, -0.05) is 15.9 Å². The van der Waals surface area contributed by atoms with Gasteiger partial charge < -0.3 is 5.11 Å². The smallest absolute Gasteiger partial charge is 0.263 e. The molecule has 15 heavy (non-hydrogen) atoms. The Morgan fingerprint density at radius 2 is 2.27 bits per heavy atom. The van der Waals surface area contributed by atoms with E-state index in [2.05, 4.69) is 20.9 Å². The molecule has 0 aliphatic carbocycles. The van der Waals surface area contributed by atoms with E-state index in [9.17, 15) is 4.79 Å². The highest BCUT2D eigenvalue weighted by Crippen LogP contribution is 2.13. The molecule has 0 amide bonds. The maximum atomic E-state index is 11.8. The molecule has 0 aromatic carbocycles. The minimum atomic E-state index is -0.287. The minimum Gasteiger partial charge on any atom is -0.391 e. The summed E-state index contributed by atoms with van der Waals surface area (Å²) in [5.41, 5.74) is 1.45. The van der Waals surface area contributed by atoms with Gasteiger partial charge in [-0.05, 0) is 19.1 Å². The maximum absolute atomic E-state index is 11.8. The van der Waals surface area contributed by atoms with E-state index in [1.807, 2.05) is 13.0 Å². The van der Waals surface area contributed by atoms with Crippen molar-refractivity contribution in [3.05, 3.63) is 44.4 Å². The van der Waals surface area contributed by atoms with E-state index in [0.717, 1.165) is 10.2 Å². The van der Waals surface area contributed by atoms with E-state index in [4.69, 9.17) is 5.11 Å². The van der Waals surface area contributed by atoms with Crippen LogP contribution in [0.1, 0.15) is 11.3 Å². The van der Waals surface area contributed by atoms with Crippen LogP contribution in [-0.4, -0.2) is 14.5 Å². The lowest BCUT2D eigenvalue weighted by Gasteiger charge is -2.06. The molecule has 0 fully saturated rings. The van der Waals surface area contributed by atoms with Crippen LogP contribution in [0.2, 0.25) is 0 Å². The summed E-state index contributed by atoms with van der Waals surface area (Å²) < 4.78 is 2.36. The molecule has 2 heterocycles. The molecular formula is C10H9BrN2O2. The fourth-order valence-electron chi connectivity index (χ4n) is 1.48. The predicted octanol–water partition coefficient (Wildman–Crippen LogP) is 1.26. The number of fused-ring (bicyclic) bond motifs is 1. The van der Waals surface area contributed by atoms with Crippen LogP contribution in [0.4, 0.5) is 0 Å². The Bertz CT molecular complexity index is 577. The normalized spacial score (nSPS) is 10.9. The van der Waals surface area contributed by atoms with Gasteiger partial charge >= 0.3 is 0 Å². The summed E-state index contributed by atoms with van der Waals surface area (Å²) in [6.07, 6.45) is 1.41. The Kier molecular flexibility index (Phi) is 2.58. The van der Waals surface area contributed by atoms with Crippen LogP contribution in [0, 0.1) is 6.92 Å². The zero-order valence-electron chi connectivity index (χ0n) is 8.07. The third-order valence-corrected chi connectivity index (χ3v) is 2.65. The highest BCUT2D eigenvalue weighted by Gasteiger charge is 2.06. The van der Waals surface area contributed by atoms with Gasteiger partial charge in [0, 0.05) is 16.4 Å². The molecule has 0 saturated heterocycles. The largest absolute Gasteiger partial charge is 0.391 e. The number of pyridine rings is 1. The van der Waals surface area contributed by atoms with Crippen molar-refractivity contribution >= 4 is 21.6 Å². The molecule has 2 rings (SSSR count). The van der Waals surface area contributed by atoms with E-state index in [1.54, 1.807) is 6.07 Å². The van der Waals surface area contributed by atoms with Crippen LogP contribution < -0.4 is 5.56 Å². The summed E-state index contributed by atoms with van der Waals surface area (Å²) >= 11 is 3.34. The number of halogens is 1. The minimum absolute atomic E-state index is 0.215. The van der Waals surface area contributed by atoms with Gasteiger partial charge in [-0.15, -0.1) is 0 Å². The van der Waals surface area contributed by atoms with Crippen molar-refractivity contribution < 1.29 is 5.11 Å². The fraction of sp³-hybridized carbons (Fsp3) is 0.200. The molecule has 0 radical (unpaired) electrons. The molecule has 0 aliphatic rings. The molecule has 0 bridgehead atoms. The SMILES string of the molecule is Cc1cc(Br)cc2ncc(CO)c(=O)n12. The van der Waals surface area contributed by atoms with E-state index >= 15 is 0 Å². The second kappa shape index (κ2) is 3.75. The van der Waals surface area contributed by atoms with Crippen molar-refractivity contribution in [2.75, 3.05) is 0 Å². The van der Waals surface area contributed by atoms with Gasteiger partial charge in [-0.25, -0.2) is 4.98 Å². The molecule has 2 aromatic heterocycles. The number of hydrogen-bond donors (Lipinski definition) is 1. The summed E-state index contributed by atoms with van der Waals surface area (Å²) in [7, 11) is 0. The molecule has 0 aliphatic heterocycles. The topological polar surface area (TPSA) is 54.6 Å². The van der Waals surface area contributed by atoms with Gasteiger partial charge in [0.05, 0.1) is 12.2 Å². The van der Waals surface area contributed by atoms with E-state index in [-0.39, 0.29) is 12.2 Å².